The van der Waals surface area contributed by atoms with Crippen LogP contribution in [0.1, 0.15) is 149 Å². The number of unbranched alkanes of at least 4 members (excludes halogenated alkanes) is 13. The molecule has 4 heteroatoms. The summed E-state index contributed by atoms with van der Waals surface area (Å²) in [4.78, 5) is 12.1. The average Bonchev–Trinajstić information content (AvgIpc) is 3.00. The molecule has 242 valence electrons. The molecule has 0 saturated heterocycles. The maximum absolute atomic E-state index is 12.1. The molecular weight excluding hydrogens is 520 g/mol. The lowest BCUT2D eigenvalue weighted by molar-refractivity contribution is -0.154. The fourth-order valence-electron chi connectivity index (χ4n) is 4.49. The van der Waals surface area contributed by atoms with Gasteiger partial charge in [-0.15, -0.1) is 0 Å². The van der Waals surface area contributed by atoms with Gasteiger partial charge in [0.25, 0.3) is 0 Å². The number of allylic oxidation sites excluding steroid dienone is 10. The van der Waals surface area contributed by atoms with E-state index >= 15 is 0 Å². The van der Waals surface area contributed by atoms with E-state index in [-0.39, 0.29) is 19.2 Å². The second kappa shape index (κ2) is 35.3. The topological polar surface area (TPSA) is 55.8 Å². The normalized spacial score (nSPS) is 13.1. The number of hydrogen-bond donors (Lipinski definition) is 1. The highest BCUT2D eigenvalue weighted by molar-refractivity contribution is 5.69. The van der Waals surface area contributed by atoms with Gasteiger partial charge in [-0.25, -0.2) is 0 Å². The van der Waals surface area contributed by atoms with E-state index in [9.17, 15) is 9.90 Å². The minimum atomic E-state index is -0.548. The van der Waals surface area contributed by atoms with Gasteiger partial charge < -0.3 is 14.6 Å². The summed E-state index contributed by atoms with van der Waals surface area (Å²) in [6.45, 7) is 5.14. The molecule has 4 nitrogen and oxygen atoms in total. The maximum Gasteiger partial charge on any atom is 0.306 e. The van der Waals surface area contributed by atoms with E-state index in [0.717, 1.165) is 64.2 Å². The highest BCUT2D eigenvalue weighted by Crippen LogP contribution is 2.10. The van der Waals surface area contributed by atoms with Crippen LogP contribution in [0.3, 0.4) is 0 Å². The van der Waals surface area contributed by atoms with E-state index in [1.54, 1.807) is 0 Å². The summed E-state index contributed by atoms with van der Waals surface area (Å²) in [5.74, 6) is -0.221. The standard InChI is InChI=1S/C38H66O4/c1-3-5-7-9-11-13-15-17-18-19-20-21-22-24-26-28-30-32-34-41-36-37(35-39)42-38(40)33-31-29-27-25-23-16-14-12-10-8-6-4-2/h5,7,11-14,17-18,20-21,37,39H,3-4,6,8-10,15-16,19,22-36H2,1-2H3/b7-5-,13-11-,14-12-,18-17-,21-20-. The predicted molar refractivity (Wildman–Crippen MR) is 182 cm³/mol. The van der Waals surface area contributed by atoms with Crippen LogP contribution in [0.5, 0.6) is 0 Å². The Kier molecular flexibility index (Phi) is 33.7. The number of ether oxygens (including phenoxy) is 2. The third kappa shape index (κ3) is 32.6. The molecule has 0 saturated carbocycles. The van der Waals surface area contributed by atoms with E-state index in [2.05, 4.69) is 74.6 Å². The van der Waals surface area contributed by atoms with Gasteiger partial charge in [0.05, 0.1) is 13.2 Å². The predicted octanol–water partition coefficient (Wildman–Crippen LogP) is 10.9. The quantitative estimate of drug-likeness (QED) is 0.0499. The lowest BCUT2D eigenvalue weighted by atomic mass is 10.1. The van der Waals surface area contributed by atoms with Crippen molar-refractivity contribution in [1.82, 2.24) is 0 Å². The number of carbonyl (C=O) groups is 1. The Balaban J connectivity index is 3.53. The molecule has 0 bridgehead atoms. The summed E-state index contributed by atoms with van der Waals surface area (Å²) in [6, 6.07) is 0. The van der Waals surface area contributed by atoms with Gasteiger partial charge in [0.2, 0.25) is 0 Å². The summed E-state index contributed by atoms with van der Waals surface area (Å²) >= 11 is 0. The molecule has 1 atom stereocenters. The molecule has 0 amide bonds. The Labute approximate surface area is 260 Å². The largest absolute Gasteiger partial charge is 0.457 e. The summed E-state index contributed by atoms with van der Waals surface area (Å²) in [5.41, 5.74) is 0. The highest BCUT2D eigenvalue weighted by atomic mass is 16.6. The monoisotopic (exact) mass is 586 g/mol. The number of hydrogen-bond acceptors (Lipinski definition) is 4. The van der Waals surface area contributed by atoms with E-state index in [4.69, 9.17) is 9.47 Å². The molecule has 0 aromatic heterocycles. The zero-order chi connectivity index (χ0) is 30.6. The van der Waals surface area contributed by atoms with Gasteiger partial charge in [-0.05, 0) is 77.0 Å². The molecular formula is C38H66O4. The number of rotatable bonds is 31. The van der Waals surface area contributed by atoms with Gasteiger partial charge in [0.1, 0.15) is 6.10 Å². The molecule has 1 N–H and O–H groups in total. The summed E-state index contributed by atoms with van der Waals surface area (Å²) in [5, 5.41) is 9.53. The van der Waals surface area contributed by atoms with Crippen LogP contribution in [0, 0.1) is 0 Å². The molecule has 0 spiro atoms. The van der Waals surface area contributed by atoms with Crippen LogP contribution in [0.2, 0.25) is 0 Å². The SMILES string of the molecule is CC/C=C\C/C=C\C/C=C\C/C=C\CCCCCCCOCC(CO)OC(=O)CCCCCCC/C=C\CCCCC. The third-order valence-corrected chi connectivity index (χ3v) is 7.08. The molecule has 0 aliphatic rings. The molecule has 0 aromatic rings. The lowest BCUT2D eigenvalue weighted by Gasteiger charge is -2.15. The smallest absolute Gasteiger partial charge is 0.306 e. The van der Waals surface area contributed by atoms with E-state index < -0.39 is 6.10 Å². The molecule has 1 unspecified atom stereocenters. The summed E-state index contributed by atoms with van der Waals surface area (Å²) < 4.78 is 11.1. The average molecular weight is 587 g/mol. The third-order valence-electron chi connectivity index (χ3n) is 7.08. The lowest BCUT2D eigenvalue weighted by Crippen LogP contribution is -2.27. The van der Waals surface area contributed by atoms with Crippen LogP contribution in [-0.2, 0) is 14.3 Å². The molecule has 0 heterocycles. The first kappa shape index (κ1) is 40.1. The van der Waals surface area contributed by atoms with Crippen molar-refractivity contribution in [2.45, 2.75) is 155 Å². The Morgan fingerprint density at radius 1 is 0.595 bits per heavy atom. The Morgan fingerprint density at radius 3 is 1.64 bits per heavy atom. The minimum Gasteiger partial charge on any atom is -0.457 e. The maximum atomic E-state index is 12.1. The number of carbonyl (C=O) groups excluding carboxylic acids is 1. The molecule has 0 aliphatic heterocycles. The van der Waals surface area contributed by atoms with Crippen molar-refractivity contribution < 1.29 is 19.4 Å². The Morgan fingerprint density at radius 2 is 1.07 bits per heavy atom. The van der Waals surface area contributed by atoms with Crippen LogP contribution in [-0.4, -0.2) is 37.0 Å². The number of aliphatic hydroxyl groups is 1. The Bertz CT molecular complexity index is 704. The first-order valence-corrected chi connectivity index (χ1v) is 17.4. The van der Waals surface area contributed by atoms with E-state index in [1.807, 2.05) is 0 Å². The number of esters is 1. The van der Waals surface area contributed by atoms with Crippen LogP contribution < -0.4 is 0 Å². The van der Waals surface area contributed by atoms with Crippen molar-refractivity contribution in [3.63, 3.8) is 0 Å². The van der Waals surface area contributed by atoms with Crippen LogP contribution in [0.15, 0.2) is 60.8 Å². The van der Waals surface area contributed by atoms with Gasteiger partial charge in [0, 0.05) is 13.0 Å². The van der Waals surface area contributed by atoms with Crippen molar-refractivity contribution in [2.24, 2.45) is 0 Å². The van der Waals surface area contributed by atoms with Crippen molar-refractivity contribution >= 4 is 5.97 Å². The first-order chi connectivity index (χ1) is 20.7. The van der Waals surface area contributed by atoms with Crippen molar-refractivity contribution in [1.29, 1.82) is 0 Å². The van der Waals surface area contributed by atoms with Crippen LogP contribution in [0.4, 0.5) is 0 Å². The van der Waals surface area contributed by atoms with Crippen LogP contribution in [0.25, 0.3) is 0 Å². The second-order valence-corrected chi connectivity index (χ2v) is 11.2. The van der Waals surface area contributed by atoms with Gasteiger partial charge in [-0.3, -0.25) is 4.79 Å². The van der Waals surface area contributed by atoms with Crippen molar-refractivity contribution in [2.75, 3.05) is 19.8 Å². The fraction of sp³-hybridized carbons (Fsp3) is 0.711. The van der Waals surface area contributed by atoms with E-state index in [0.29, 0.717) is 13.0 Å². The Hall–Kier alpha value is -1.91. The van der Waals surface area contributed by atoms with Gasteiger partial charge >= 0.3 is 5.97 Å². The zero-order valence-electron chi connectivity index (χ0n) is 27.5. The first-order valence-electron chi connectivity index (χ1n) is 17.4. The molecule has 0 fully saturated rings. The molecule has 0 radical (unpaired) electrons. The van der Waals surface area contributed by atoms with Gasteiger partial charge in [-0.1, -0.05) is 126 Å². The molecule has 42 heavy (non-hydrogen) atoms. The van der Waals surface area contributed by atoms with Gasteiger partial charge in [0.15, 0.2) is 0 Å². The summed E-state index contributed by atoms with van der Waals surface area (Å²) in [7, 11) is 0. The highest BCUT2D eigenvalue weighted by Gasteiger charge is 2.13. The minimum absolute atomic E-state index is 0.186. The zero-order valence-corrected chi connectivity index (χ0v) is 27.5. The molecule has 0 aromatic carbocycles. The van der Waals surface area contributed by atoms with Crippen molar-refractivity contribution in [3.05, 3.63) is 60.8 Å². The second-order valence-electron chi connectivity index (χ2n) is 11.2. The van der Waals surface area contributed by atoms with E-state index in [1.165, 1.54) is 64.2 Å². The van der Waals surface area contributed by atoms with Crippen molar-refractivity contribution in [3.8, 4) is 0 Å². The van der Waals surface area contributed by atoms with Gasteiger partial charge in [-0.2, -0.15) is 0 Å². The summed E-state index contributed by atoms with van der Waals surface area (Å²) in [6.07, 6.45) is 45.4. The molecule has 0 rings (SSSR count). The fourth-order valence-corrected chi connectivity index (χ4v) is 4.49. The molecule has 0 aliphatic carbocycles. The number of aliphatic hydroxyl groups excluding tert-OH is 1. The van der Waals surface area contributed by atoms with Crippen LogP contribution >= 0.6 is 0 Å².